The number of rotatable bonds is 2. The van der Waals surface area contributed by atoms with Crippen molar-refractivity contribution in [2.75, 3.05) is 0 Å². The lowest BCUT2D eigenvalue weighted by molar-refractivity contribution is 0.719. The summed E-state index contributed by atoms with van der Waals surface area (Å²) in [6.45, 7) is 15.6. The Morgan fingerprint density at radius 1 is 1.22 bits per heavy atom. The number of aryl methyl sites for hydroxylation is 1. The first kappa shape index (κ1) is 14.9. The maximum atomic E-state index is 4.79. The Morgan fingerprint density at radius 2 is 1.83 bits per heavy atom. The standard InChI is InChI=1S/C16H25NSi/c1-13-9-8-10-15(11-13)14(2)12-17-18(6,7)16(3,4)5/h8-11H,1-7H3. The molecule has 18 heavy (non-hydrogen) atoms. The molecule has 0 fully saturated rings. The molecule has 0 aromatic heterocycles. The SMILES string of the molecule is CC(=C=N[Si](C)(C)C(C)(C)C)c1cccc(C)c1. The van der Waals surface area contributed by atoms with E-state index >= 15 is 0 Å². The van der Waals surface area contributed by atoms with Crippen LogP contribution in [0.4, 0.5) is 0 Å². The van der Waals surface area contributed by atoms with Gasteiger partial charge in [-0.1, -0.05) is 50.6 Å². The molecular formula is C16H25NSi. The van der Waals surface area contributed by atoms with E-state index in [1.54, 1.807) is 0 Å². The Kier molecular flexibility index (Phi) is 4.36. The lowest BCUT2D eigenvalue weighted by atomic mass is 10.1. The van der Waals surface area contributed by atoms with Gasteiger partial charge in [-0.25, -0.2) is 0 Å². The van der Waals surface area contributed by atoms with Crippen LogP contribution in [-0.2, 0) is 0 Å². The molecule has 0 saturated heterocycles. The van der Waals surface area contributed by atoms with Crippen molar-refractivity contribution in [1.29, 1.82) is 0 Å². The number of allylic oxidation sites excluding steroid dienone is 1. The van der Waals surface area contributed by atoms with E-state index in [0.717, 1.165) is 5.57 Å². The third-order valence-corrected chi connectivity index (χ3v) is 8.13. The molecule has 0 aliphatic rings. The number of hydrogen-bond donors (Lipinski definition) is 0. The lowest BCUT2D eigenvalue weighted by Gasteiger charge is -2.31. The van der Waals surface area contributed by atoms with Gasteiger partial charge in [0.2, 0.25) is 0 Å². The van der Waals surface area contributed by atoms with Crippen molar-refractivity contribution < 1.29 is 0 Å². The molecule has 1 aromatic rings. The summed E-state index contributed by atoms with van der Waals surface area (Å²) < 4.78 is 4.79. The van der Waals surface area contributed by atoms with Crippen LogP contribution in [0.25, 0.3) is 5.57 Å². The topological polar surface area (TPSA) is 12.4 Å². The summed E-state index contributed by atoms with van der Waals surface area (Å²) in [4.78, 5) is 0. The second kappa shape index (κ2) is 5.25. The van der Waals surface area contributed by atoms with E-state index in [9.17, 15) is 0 Å². The maximum absolute atomic E-state index is 4.79. The van der Waals surface area contributed by atoms with Gasteiger partial charge in [0.1, 0.15) is 0 Å². The molecule has 2 heteroatoms. The number of benzene rings is 1. The smallest absolute Gasteiger partial charge is 0.193 e. The fourth-order valence-corrected chi connectivity index (χ4v) is 2.12. The molecule has 1 rings (SSSR count). The molecule has 1 nitrogen and oxygen atoms in total. The van der Waals surface area contributed by atoms with E-state index in [0.29, 0.717) is 0 Å². The van der Waals surface area contributed by atoms with Gasteiger partial charge in [0.25, 0.3) is 0 Å². The Balaban J connectivity index is 3.11. The van der Waals surface area contributed by atoms with Gasteiger partial charge in [-0.05, 0) is 43.4 Å². The van der Waals surface area contributed by atoms with E-state index in [2.05, 4.69) is 77.8 Å². The van der Waals surface area contributed by atoms with E-state index < -0.39 is 8.24 Å². The molecule has 0 bridgehead atoms. The highest BCUT2D eigenvalue weighted by Crippen LogP contribution is 2.36. The minimum atomic E-state index is -1.62. The highest BCUT2D eigenvalue weighted by Gasteiger charge is 2.35. The van der Waals surface area contributed by atoms with Gasteiger partial charge in [-0.3, -0.25) is 4.66 Å². The van der Waals surface area contributed by atoms with Crippen molar-refractivity contribution in [1.82, 2.24) is 0 Å². The Hall–Kier alpha value is -1.11. The highest BCUT2D eigenvalue weighted by molar-refractivity contribution is 6.79. The maximum Gasteiger partial charge on any atom is 0.193 e. The zero-order valence-electron chi connectivity index (χ0n) is 12.8. The molecule has 0 heterocycles. The summed E-state index contributed by atoms with van der Waals surface area (Å²) in [5.41, 5.74) is 3.63. The Morgan fingerprint density at radius 3 is 2.33 bits per heavy atom. The summed E-state index contributed by atoms with van der Waals surface area (Å²) in [6, 6.07) is 8.50. The molecule has 0 atom stereocenters. The van der Waals surface area contributed by atoms with Crippen LogP contribution in [0.5, 0.6) is 0 Å². The fourth-order valence-electron chi connectivity index (χ4n) is 1.33. The van der Waals surface area contributed by atoms with E-state index in [1.165, 1.54) is 11.1 Å². The lowest BCUT2D eigenvalue weighted by Crippen LogP contribution is -2.34. The molecule has 0 spiro atoms. The third kappa shape index (κ3) is 3.69. The van der Waals surface area contributed by atoms with Crippen LogP contribution in [-0.4, -0.2) is 14.1 Å². The molecule has 0 aliphatic heterocycles. The molecule has 0 aliphatic carbocycles. The largest absolute Gasteiger partial charge is 0.283 e. The first-order valence-electron chi connectivity index (χ1n) is 6.52. The summed E-state index contributed by atoms with van der Waals surface area (Å²) in [5, 5.41) is 0.271. The van der Waals surface area contributed by atoms with Gasteiger partial charge in [-0.15, -0.1) is 0 Å². The third-order valence-electron chi connectivity index (χ3n) is 3.79. The normalized spacial score (nSPS) is 11.9. The summed E-state index contributed by atoms with van der Waals surface area (Å²) in [7, 11) is -1.62. The predicted molar refractivity (Wildman–Crippen MR) is 84.9 cm³/mol. The van der Waals surface area contributed by atoms with Crippen molar-refractivity contribution in [2.45, 2.75) is 52.8 Å². The second-order valence-electron chi connectivity index (χ2n) is 6.53. The number of hydrogen-bond acceptors (Lipinski definition) is 1. The van der Waals surface area contributed by atoms with Crippen molar-refractivity contribution in [3.63, 3.8) is 0 Å². The average Bonchev–Trinajstić information content (AvgIpc) is 2.24. The van der Waals surface area contributed by atoms with Gasteiger partial charge >= 0.3 is 0 Å². The molecule has 1 aromatic carbocycles. The van der Waals surface area contributed by atoms with Gasteiger partial charge in [0, 0.05) is 5.57 Å². The molecular weight excluding hydrogens is 234 g/mol. The zero-order valence-corrected chi connectivity index (χ0v) is 13.8. The minimum absolute atomic E-state index is 0.271. The van der Waals surface area contributed by atoms with Crippen molar-refractivity contribution in [2.24, 2.45) is 4.66 Å². The Labute approximate surface area is 113 Å². The van der Waals surface area contributed by atoms with Crippen LogP contribution in [0.15, 0.2) is 28.9 Å². The van der Waals surface area contributed by atoms with E-state index in [1.807, 2.05) is 0 Å². The molecule has 0 unspecified atom stereocenters. The van der Waals surface area contributed by atoms with Gasteiger partial charge < -0.3 is 0 Å². The zero-order chi connectivity index (χ0) is 14.0. The minimum Gasteiger partial charge on any atom is -0.283 e. The van der Waals surface area contributed by atoms with E-state index in [-0.39, 0.29) is 5.04 Å². The molecule has 98 valence electrons. The molecule has 0 radical (unpaired) electrons. The van der Waals surface area contributed by atoms with Crippen LogP contribution in [0.3, 0.4) is 0 Å². The van der Waals surface area contributed by atoms with Crippen LogP contribution >= 0.6 is 0 Å². The first-order chi connectivity index (χ1) is 8.13. The van der Waals surface area contributed by atoms with Crippen LogP contribution < -0.4 is 0 Å². The molecule has 0 N–H and O–H groups in total. The monoisotopic (exact) mass is 259 g/mol. The number of nitrogens with zero attached hydrogens (tertiary/aromatic N) is 1. The summed E-state index contributed by atoms with van der Waals surface area (Å²) in [6.07, 6.45) is 0. The highest BCUT2D eigenvalue weighted by atomic mass is 28.3. The van der Waals surface area contributed by atoms with Gasteiger partial charge in [-0.2, -0.15) is 0 Å². The summed E-state index contributed by atoms with van der Waals surface area (Å²) in [5.74, 6) is 3.28. The van der Waals surface area contributed by atoms with Gasteiger partial charge in [0.05, 0.1) is 0 Å². The average molecular weight is 259 g/mol. The van der Waals surface area contributed by atoms with Crippen LogP contribution in [0.2, 0.25) is 18.1 Å². The van der Waals surface area contributed by atoms with E-state index in [4.69, 9.17) is 4.66 Å². The first-order valence-corrected chi connectivity index (χ1v) is 9.47. The molecule has 0 saturated carbocycles. The van der Waals surface area contributed by atoms with Crippen molar-refractivity contribution in [3.05, 3.63) is 35.4 Å². The quantitative estimate of drug-likeness (QED) is 0.519. The van der Waals surface area contributed by atoms with Crippen molar-refractivity contribution in [3.8, 4) is 0 Å². The molecule has 0 amide bonds. The van der Waals surface area contributed by atoms with Crippen molar-refractivity contribution >= 4 is 19.7 Å². The summed E-state index contributed by atoms with van der Waals surface area (Å²) >= 11 is 0. The van der Waals surface area contributed by atoms with Crippen LogP contribution in [0.1, 0.15) is 38.8 Å². The van der Waals surface area contributed by atoms with Crippen LogP contribution in [0, 0.1) is 6.92 Å². The predicted octanol–water partition coefficient (Wildman–Crippen LogP) is 5.07. The fraction of sp³-hybridized carbons (Fsp3) is 0.500. The Bertz CT molecular complexity index is 486. The van der Waals surface area contributed by atoms with Gasteiger partial charge in [0.15, 0.2) is 8.24 Å². The second-order valence-corrected chi connectivity index (χ2v) is 11.4.